The molecule has 3 atom stereocenters. The van der Waals surface area contributed by atoms with Gasteiger partial charge in [0.25, 0.3) is 0 Å². The molecule has 3 aromatic heterocycles. The van der Waals surface area contributed by atoms with Gasteiger partial charge >= 0.3 is 0 Å². The van der Waals surface area contributed by atoms with Crippen molar-refractivity contribution in [1.29, 1.82) is 0 Å². The summed E-state index contributed by atoms with van der Waals surface area (Å²) < 4.78 is 7.36. The minimum atomic E-state index is -0.802. The average Bonchev–Trinajstić information content (AvgIpc) is 3.83. The van der Waals surface area contributed by atoms with E-state index in [0.29, 0.717) is 23.9 Å². The second kappa shape index (κ2) is 15.8. The third-order valence-electron chi connectivity index (χ3n) is 8.42. The smallest absolute Gasteiger partial charge is 0.248 e. The predicted octanol–water partition coefficient (Wildman–Crippen LogP) is 2.39. The van der Waals surface area contributed by atoms with E-state index in [1.807, 2.05) is 50.5 Å². The fourth-order valence-electron chi connectivity index (χ4n) is 5.92. The Morgan fingerprint density at radius 3 is 2.52 bits per heavy atom. The van der Waals surface area contributed by atoms with Crippen molar-refractivity contribution in [2.24, 2.45) is 5.92 Å². The zero-order chi connectivity index (χ0) is 32.9. The van der Waals surface area contributed by atoms with Gasteiger partial charge in [-0.05, 0) is 24.0 Å². The Morgan fingerprint density at radius 1 is 1.12 bits per heavy atom. The molecule has 5 heterocycles. The number of hydrogen-bond donors (Lipinski definition) is 3. The van der Waals surface area contributed by atoms with E-state index in [-0.39, 0.29) is 49.7 Å². The van der Waals surface area contributed by atoms with Crippen molar-refractivity contribution >= 4 is 41.5 Å². The minimum Gasteiger partial charge on any atom is -0.484 e. The van der Waals surface area contributed by atoms with Crippen molar-refractivity contribution in [1.82, 2.24) is 45.5 Å². The van der Waals surface area contributed by atoms with Gasteiger partial charge in [0.1, 0.15) is 24.4 Å². The number of ether oxygens (including phenoxy) is 1. The van der Waals surface area contributed by atoms with E-state index in [9.17, 15) is 14.7 Å². The Morgan fingerprint density at radius 2 is 1.85 bits per heavy atom. The molecule has 3 N–H and O–H groups in total. The molecule has 2 amide bonds. The van der Waals surface area contributed by atoms with Crippen LogP contribution in [0.1, 0.15) is 43.3 Å². The first kappa shape index (κ1) is 35.1. The lowest BCUT2D eigenvalue weighted by Gasteiger charge is -2.29. The molecule has 0 saturated carbocycles. The van der Waals surface area contributed by atoms with Crippen molar-refractivity contribution in [2.45, 2.75) is 58.5 Å². The third kappa shape index (κ3) is 8.09. The highest BCUT2D eigenvalue weighted by Crippen LogP contribution is 2.28. The molecule has 48 heavy (non-hydrogen) atoms. The number of benzene rings is 1. The van der Waals surface area contributed by atoms with Crippen molar-refractivity contribution < 1.29 is 19.4 Å². The maximum Gasteiger partial charge on any atom is 0.248 e. The Labute approximate surface area is 289 Å². The van der Waals surface area contributed by atoms with E-state index in [1.54, 1.807) is 29.9 Å². The van der Waals surface area contributed by atoms with Gasteiger partial charge in [-0.1, -0.05) is 43.3 Å². The summed E-state index contributed by atoms with van der Waals surface area (Å²) >= 11 is 1.59. The van der Waals surface area contributed by atoms with Crippen molar-refractivity contribution in [3.8, 4) is 16.2 Å². The van der Waals surface area contributed by atoms with Crippen LogP contribution >= 0.6 is 23.7 Å². The topological polar surface area (TPSA) is 164 Å². The van der Waals surface area contributed by atoms with Gasteiger partial charge in [0.15, 0.2) is 5.75 Å². The van der Waals surface area contributed by atoms with E-state index < -0.39 is 18.2 Å². The lowest BCUT2D eigenvalue weighted by atomic mass is 10.0. The number of hydrogen-bond acceptors (Lipinski definition) is 12. The lowest BCUT2D eigenvalue weighted by molar-refractivity contribution is -0.142. The molecule has 2 aliphatic heterocycles. The van der Waals surface area contributed by atoms with Gasteiger partial charge in [-0.3, -0.25) is 9.59 Å². The molecular formula is C32H41ClN10O4S. The molecule has 256 valence electrons. The van der Waals surface area contributed by atoms with Crippen molar-refractivity contribution in [3.05, 3.63) is 65.3 Å². The normalized spacial score (nSPS) is 18.4. The van der Waals surface area contributed by atoms with E-state index >= 15 is 0 Å². The van der Waals surface area contributed by atoms with Crippen LogP contribution in [-0.4, -0.2) is 96.6 Å². The van der Waals surface area contributed by atoms with E-state index in [2.05, 4.69) is 40.8 Å². The first-order valence-corrected chi connectivity index (χ1v) is 16.7. The number of aryl methyl sites for hydroxylation is 1. The number of aliphatic hydroxyl groups excluding tert-OH is 1. The summed E-state index contributed by atoms with van der Waals surface area (Å²) in [5.41, 5.74) is 5.35. The number of likely N-dealkylation sites (tertiary alicyclic amines) is 1. The molecule has 0 aliphatic carbocycles. The van der Waals surface area contributed by atoms with Crippen LogP contribution in [0.2, 0.25) is 0 Å². The van der Waals surface area contributed by atoms with Crippen LogP contribution in [0, 0.1) is 12.8 Å². The highest BCUT2D eigenvalue weighted by atomic mass is 35.5. The first-order valence-electron chi connectivity index (χ1n) is 15.8. The van der Waals surface area contributed by atoms with E-state index in [1.165, 1.54) is 9.58 Å². The number of thiazole rings is 1. The quantitative estimate of drug-likeness (QED) is 0.211. The van der Waals surface area contributed by atoms with E-state index in [4.69, 9.17) is 4.74 Å². The molecule has 1 aromatic carbocycles. The molecule has 0 radical (unpaired) electrons. The third-order valence-corrected chi connectivity index (χ3v) is 9.40. The van der Waals surface area contributed by atoms with Crippen molar-refractivity contribution in [3.63, 3.8) is 0 Å². The largest absolute Gasteiger partial charge is 0.484 e. The number of anilines is 1. The summed E-state index contributed by atoms with van der Waals surface area (Å²) in [6.07, 6.45) is 4.31. The molecule has 0 bridgehead atoms. The van der Waals surface area contributed by atoms with Crippen LogP contribution in [0.15, 0.2) is 48.4 Å². The Balaban J connectivity index is 0.00000451. The number of piperazine rings is 1. The van der Waals surface area contributed by atoms with Gasteiger partial charge in [-0.15, -0.1) is 28.8 Å². The second-order valence-corrected chi connectivity index (χ2v) is 13.1. The zero-order valence-electron chi connectivity index (χ0n) is 27.2. The number of halogens is 1. The fourth-order valence-corrected chi connectivity index (χ4v) is 6.74. The van der Waals surface area contributed by atoms with Crippen molar-refractivity contribution in [2.75, 3.05) is 37.6 Å². The van der Waals surface area contributed by atoms with Gasteiger partial charge in [0, 0.05) is 45.7 Å². The molecule has 2 aliphatic rings. The number of carbonyl (C=O) groups excluding carboxylic acids is 2. The number of amides is 2. The number of carbonyl (C=O) groups is 2. The molecular weight excluding hydrogens is 656 g/mol. The number of nitrogens with one attached hydrogen (secondary N) is 2. The minimum absolute atomic E-state index is 0. The van der Waals surface area contributed by atoms with Crippen LogP contribution in [0.25, 0.3) is 10.4 Å². The lowest BCUT2D eigenvalue weighted by Crippen LogP contribution is -2.49. The maximum absolute atomic E-state index is 13.9. The van der Waals surface area contributed by atoms with Crippen LogP contribution in [0.3, 0.4) is 0 Å². The zero-order valence-corrected chi connectivity index (χ0v) is 28.8. The van der Waals surface area contributed by atoms with Crippen LogP contribution in [-0.2, 0) is 22.7 Å². The molecule has 14 nitrogen and oxygen atoms in total. The number of nitrogens with zero attached hydrogens (tertiary/aromatic N) is 8. The van der Waals surface area contributed by atoms with E-state index in [0.717, 1.165) is 47.9 Å². The Kier molecular flexibility index (Phi) is 11.6. The second-order valence-electron chi connectivity index (χ2n) is 12.2. The highest BCUT2D eigenvalue weighted by molar-refractivity contribution is 7.13. The maximum atomic E-state index is 13.9. The summed E-state index contributed by atoms with van der Waals surface area (Å²) in [4.78, 5) is 45.2. The molecule has 4 aromatic rings. The number of aliphatic hydroxyl groups is 1. The standard InChI is InChI=1S/C32H40N10O4S.ClH/c1-20(2)28(42-16-24(38-39-42)18-46-26-14-35-32(36-15-26)40-10-8-33-9-11-40)31(45)41-17-25(43)12-27(41)30(44)34-13-22-4-6-23(7-5-22)29-21(3)37-19-47-29;/h4-7,14-16,19-20,25,27-28,33,43H,8-13,17-18H2,1-3H3,(H,34,44);1H/t25-,27+,28+;/m1./s1. The monoisotopic (exact) mass is 696 g/mol. The molecule has 2 saturated heterocycles. The number of aromatic nitrogens is 6. The molecule has 16 heteroatoms. The van der Waals surface area contributed by atoms with Gasteiger partial charge in [-0.2, -0.15) is 0 Å². The van der Waals surface area contributed by atoms with Gasteiger partial charge < -0.3 is 30.3 Å². The SMILES string of the molecule is Cc1ncsc1-c1ccc(CNC(=O)[C@@H]2C[C@@H](O)CN2C(=O)[C@H](C(C)C)n2cc(COc3cnc(N4CCNCC4)nc3)nn2)cc1.Cl. The average molecular weight is 697 g/mol. The Hall–Kier alpha value is -4.18. The summed E-state index contributed by atoms with van der Waals surface area (Å²) in [6.45, 7) is 9.79. The highest BCUT2D eigenvalue weighted by Gasteiger charge is 2.42. The summed E-state index contributed by atoms with van der Waals surface area (Å²) in [5.74, 6) is 0.401. The van der Waals surface area contributed by atoms with Crippen LogP contribution in [0.5, 0.6) is 5.75 Å². The predicted molar refractivity (Wildman–Crippen MR) is 183 cm³/mol. The molecule has 6 rings (SSSR count). The first-order chi connectivity index (χ1) is 22.8. The van der Waals surface area contributed by atoms with Gasteiger partial charge in [0.2, 0.25) is 17.8 Å². The summed E-state index contributed by atoms with van der Waals surface area (Å²) in [6, 6.07) is 6.45. The molecule has 2 fully saturated rings. The molecule has 0 unspecified atom stereocenters. The van der Waals surface area contributed by atoms with Crippen LogP contribution < -0.4 is 20.3 Å². The van der Waals surface area contributed by atoms with Gasteiger partial charge in [0.05, 0.1) is 40.8 Å². The number of β-amino-alcohol motifs (C(OH)–C–C–N with tert-alkyl or cyclic N) is 1. The Bertz CT molecular complexity index is 1660. The summed E-state index contributed by atoms with van der Waals surface area (Å²) in [5, 5.41) is 25.2. The summed E-state index contributed by atoms with van der Waals surface area (Å²) in [7, 11) is 0. The molecule has 0 spiro atoms. The number of rotatable bonds is 11. The van der Waals surface area contributed by atoms with Gasteiger partial charge in [-0.25, -0.2) is 19.6 Å². The fraction of sp³-hybridized carbons (Fsp3) is 0.469. The van der Waals surface area contributed by atoms with Crippen LogP contribution in [0.4, 0.5) is 5.95 Å².